The average molecular weight is 405 g/mol. The molecule has 139 valence electrons. The van der Waals surface area contributed by atoms with Gasteiger partial charge in [-0.15, -0.1) is 0 Å². The molecule has 1 radical (unpaired) electrons. The summed E-state index contributed by atoms with van der Waals surface area (Å²) in [4.78, 5) is 0. The second kappa shape index (κ2) is 7.74. The van der Waals surface area contributed by atoms with E-state index < -0.39 is 52.7 Å². The van der Waals surface area contributed by atoms with Gasteiger partial charge in [0, 0.05) is 23.0 Å². The Morgan fingerprint density at radius 1 is 0.958 bits per heavy atom. The third-order valence-electron chi connectivity index (χ3n) is 3.29. The second-order valence-electron chi connectivity index (χ2n) is 5.11. The Morgan fingerprint density at radius 3 is 1.71 bits per heavy atom. The topological polar surface area (TPSA) is 64.2 Å². The molecule has 0 saturated heterocycles. The minimum absolute atomic E-state index is 0. The predicted octanol–water partition coefficient (Wildman–Crippen LogP) is 3.44. The van der Waals surface area contributed by atoms with E-state index >= 15 is 0 Å². The van der Waals surface area contributed by atoms with Crippen molar-refractivity contribution in [2.45, 2.75) is 44.3 Å². The summed E-state index contributed by atoms with van der Waals surface area (Å²) in [5.41, 5.74) is -5.71. The molecule has 3 nitrogen and oxygen atoms in total. The van der Waals surface area contributed by atoms with Gasteiger partial charge in [0.25, 0.3) is 0 Å². The smallest absolute Gasteiger partial charge is 0.393 e. The number of nitrogens with zero attached hydrogens (tertiary/aromatic N) is 1. The number of aliphatic hydroxyl groups is 2. The van der Waals surface area contributed by atoms with E-state index in [0.29, 0.717) is 6.07 Å². The first kappa shape index (κ1) is 22.7. The SMILES string of the molecule is CC(O)C(c1cc(C#N)c(C(F)(F)F)c(C(F)(F)F)c1)C(C)O.[Cu]. The predicted molar refractivity (Wildman–Crippen MR) is 67.3 cm³/mol. The van der Waals surface area contributed by atoms with Crippen LogP contribution in [-0.4, -0.2) is 22.4 Å². The molecule has 0 saturated carbocycles. The fourth-order valence-corrected chi connectivity index (χ4v) is 2.43. The molecule has 2 N–H and O–H groups in total. The Balaban J connectivity index is 0.00000529. The van der Waals surface area contributed by atoms with Crippen molar-refractivity contribution in [2.24, 2.45) is 0 Å². The van der Waals surface area contributed by atoms with Gasteiger partial charge in [-0.3, -0.25) is 0 Å². The average Bonchev–Trinajstić information content (AvgIpc) is 2.34. The van der Waals surface area contributed by atoms with Gasteiger partial charge in [0.15, 0.2) is 0 Å². The molecule has 0 bridgehead atoms. The van der Waals surface area contributed by atoms with Crippen LogP contribution in [0.25, 0.3) is 0 Å². The van der Waals surface area contributed by atoms with E-state index in [2.05, 4.69) is 0 Å². The number of nitriles is 1. The molecule has 0 fully saturated rings. The van der Waals surface area contributed by atoms with Gasteiger partial charge in [-0.05, 0) is 31.5 Å². The molecule has 0 heterocycles. The van der Waals surface area contributed by atoms with Crippen LogP contribution in [0.5, 0.6) is 0 Å². The van der Waals surface area contributed by atoms with E-state index in [1.807, 2.05) is 0 Å². The van der Waals surface area contributed by atoms with Crippen molar-refractivity contribution < 1.29 is 53.6 Å². The van der Waals surface area contributed by atoms with Crippen molar-refractivity contribution in [2.75, 3.05) is 0 Å². The number of alkyl halides is 6. The molecule has 0 aliphatic carbocycles. The molecule has 1 aromatic carbocycles. The third kappa shape index (κ3) is 4.86. The zero-order valence-corrected chi connectivity index (χ0v) is 13.2. The maximum atomic E-state index is 13.0. The Kier molecular flexibility index (Phi) is 7.33. The van der Waals surface area contributed by atoms with Gasteiger partial charge in [-0.1, -0.05) is 0 Å². The Hall–Kier alpha value is -1.27. The number of hydrogen-bond acceptors (Lipinski definition) is 3. The van der Waals surface area contributed by atoms with E-state index in [9.17, 15) is 36.6 Å². The summed E-state index contributed by atoms with van der Waals surface area (Å²) in [5, 5.41) is 28.0. The fourth-order valence-electron chi connectivity index (χ4n) is 2.43. The first-order valence-corrected chi connectivity index (χ1v) is 6.39. The Morgan fingerprint density at radius 2 is 1.42 bits per heavy atom. The number of halogens is 6. The van der Waals surface area contributed by atoms with E-state index in [-0.39, 0.29) is 23.1 Å². The second-order valence-corrected chi connectivity index (χ2v) is 5.11. The van der Waals surface area contributed by atoms with Gasteiger partial charge in [-0.25, -0.2) is 0 Å². The summed E-state index contributed by atoms with van der Waals surface area (Å²) in [6.07, 6.45) is -13.4. The van der Waals surface area contributed by atoms with Crippen LogP contribution in [0, 0.1) is 11.3 Å². The van der Waals surface area contributed by atoms with Crippen LogP contribution >= 0.6 is 0 Å². The molecule has 0 amide bonds. The first-order valence-electron chi connectivity index (χ1n) is 6.39. The summed E-state index contributed by atoms with van der Waals surface area (Å²) in [7, 11) is 0. The van der Waals surface area contributed by atoms with Crippen LogP contribution in [0.4, 0.5) is 26.3 Å². The van der Waals surface area contributed by atoms with E-state index in [1.54, 1.807) is 0 Å². The number of benzene rings is 1. The summed E-state index contributed by atoms with van der Waals surface area (Å²) in [6, 6.07) is 1.93. The minimum atomic E-state index is -5.38. The molecular weight excluding hydrogens is 392 g/mol. The van der Waals surface area contributed by atoms with E-state index in [1.165, 1.54) is 13.8 Å². The maximum Gasteiger partial charge on any atom is 0.418 e. The zero-order chi connectivity index (χ0) is 18.2. The maximum absolute atomic E-state index is 13.0. The van der Waals surface area contributed by atoms with Gasteiger partial charge >= 0.3 is 12.4 Å². The molecule has 0 aromatic heterocycles. The summed E-state index contributed by atoms with van der Waals surface area (Å²) in [5.74, 6) is -1.27. The molecule has 2 atom stereocenters. The monoisotopic (exact) mass is 404 g/mol. The zero-order valence-electron chi connectivity index (χ0n) is 12.3. The van der Waals surface area contributed by atoms with Crippen molar-refractivity contribution >= 4 is 0 Å². The molecule has 24 heavy (non-hydrogen) atoms. The van der Waals surface area contributed by atoms with E-state index in [0.717, 1.165) is 6.07 Å². The van der Waals surface area contributed by atoms with Crippen LogP contribution < -0.4 is 0 Å². The van der Waals surface area contributed by atoms with Crippen LogP contribution in [0.2, 0.25) is 0 Å². The fraction of sp³-hybridized carbons (Fsp3) is 0.500. The van der Waals surface area contributed by atoms with Crippen LogP contribution in [0.15, 0.2) is 12.1 Å². The quantitative estimate of drug-likeness (QED) is 0.599. The van der Waals surface area contributed by atoms with Crippen molar-refractivity contribution in [3.8, 4) is 6.07 Å². The number of aliphatic hydroxyl groups excluding tert-OH is 2. The molecule has 0 spiro atoms. The van der Waals surface area contributed by atoms with E-state index in [4.69, 9.17) is 5.26 Å². The summed E-state index contributed by atoms with van der Waals surface area (Å²) >= 11 is 0. The van der Waals surface area contributed by atoms with Gasteiger partial charge in [0.2, 0.25) is 0 Å². The first-order chi connectivity index (χ1) is 10.3. The molecule has 2 unspecified atom stereocenters. The van der Waals surface area contributed by atoms with Crippen molar-refractivity contribution in [1.82, 2.24) is 0 Å². The van der Waals surface area contributed by atoms with Crippen molar-refractivity contribution in [3.63, 3.8) is 0 Å². The van der Waals surface area contributed by atoms with Crippen molar-refractivity contribution in [3.05, 3.63) is 34.4 Å². The standard InChI is InChI=1S/C14H13F6NO2.Cu/c1-6(22)11(7(2)23)8-3-9(5-21)12(14(18,19)20)10(4-8)13(15,16)17;/h3-4,6-7,11,22-23H,1-2H3;. The summed E-state index contributed by atoms with van der Waals surface area (Å²) in [6.45, 7) is 2.35. The molecular formula is C14H13CuF6NO2. The Bertz CT molecular complexity index is 611. The molecule has 1 rings (SSSR count). The van der Waals surface area contributed by atoms with Crippen LogP contribution in [0.3, 0.4) is 0 Å². The minimum Gasteiger partial charge on any atom is -0.393 e. The number of hydrogen-bond donors (Lipinski definition) is 2. The molecule has 0 aliphatic rings. The van der Waals surface area contributed by atoms with Crippen LogP contribution in [0.1, 0.15) is 42.0 Å². The molecule has 0 aliphatic heterocycles. The Labute approximate surface area is 144 Å². The van der Waals surface area contributed by atoms with Gasteiger partial charge in [-0.2, -0.15) is 31.6 Å². The normalized spacial score (nSPS) is 15.9. The number of rotatable bonds is 3. The molecule has 10 heteroatoms. The summed E-state index contributed by atoms with van der Waals surface area (Å²) < 4.78 is 77.8. The van der Waals surface area contributed by atoms with Gasteiger partial charge < -0.3 is 10.2 Å². The van der Waals surface area contributed by atoms with Crippen molar-refractivity contribution in [1.29, 1.82) is 5.26 Å². The van der Waals surface area contributed by atoms with Crippen LogP contribution in [-0.2, 0) is 29.4 Å². The largest absolute Gasteiger partial charge is 0.418 e. The van der Waals surface area contributed by atoms with Gasteiger partial charge in [0.05, 0.1) is 35.0 Å². The third-order valence-corrected chi connectivity index (χ3v) is 3.29. The van der Waals surface area contributed by atoms with Gasteiger partial charge in [0.1, 0.15) is 0 Å². The molecule has 1 aromatic rings.